The van der Waals surface area contributed by atoms with Crippen molar-refractivity contribution >= 4 is 87.0 Å². The van der Waals surface area contributed by atoms with Crippen molar-refractivity contribution in [1.29, 1.82) is 0 Å². The van der Waals surface area contributed by atoms with Gasteiger partial charge in [-0.3, -0.25) is 33.6 Å². The summed E-state index contributed by atoms with van der Waals surface area (Å²) in [5, 5.41) is 38.5. The van der Waals surface area contributed by atoms with Gasteiger partial charge in [-0.1, -0.05) is 12.5 Å². The maximum Gasteiger partial charge on any atom is 0.336 e. The summed E-state index contributed by atoms with van der Waals surface area (Å²) in [5.74, 6) is -1.51. The Bertz CT molecular complexity index is 2680. The number of carboxylic acids is 1. The van der Waals surface area contributed by atoms with Gasteiger partial charge in [0, 0.05) is 104 Å². The molecular formula is C51H63N7O14S2. The molecule has 1 aliphatic carbocycles. The number of carbonyl (C=O) groups excluding carboxylic acids is 6. The van der Waals surface area contributed by atoms with Crippen molar-refractivity contribution in [3.63, 3.8) is 0 Å². The Kier molecular flexibility index (Phi) is 22.0. The van der Waals surface area contributed by atoms with E-state index in [1.165, 1.54) is 30.3 Å². The summed E-state index contributed by atoms with van der Waals surface area (Å²) in [6, 6.07) is 12.4. The molecule has 2 aromatic rings. The molecule has 2 aromatic carbocycles. The molecule has 0 spiro atoms. The number of aromatic carboxylic acids is 1. The molecule has 0 bridgehead atoms. The summed E-state index contributed by atoms with van der Waals surface area (Å²) in [4.78, 5) is 98.6. The van der Waals surface area contributed by atoms with Crippen LogP contribution in [0.5, 0.6) is 5.75 Å². The van der Waals surface area contributed by atoms with Gasteiger partial charge < -0.3 is 66.5 Å². The summed E-state index contributed by atoms with van der Waals surface area (Å²) in [7, 11) is 0. The molecule has 0 saturated carbocycles. The van der Waals surface area contributed by atoms with Crippen LogP contribution in [0.3, 0.4) is 0 Å². The lowest BCUT2D eigenvalue weighted by Crippen LogP contribution is -2.43. The Labute approximate surface area is 436 Å². The number of ketones is 1. The van der Waals surface area contributed by atoms with Gasteiger partial charge >= 0.3 is 5.97 Å². The van der Waals surface area contributed by atoms with Gasteiger partial charge in [0.2, 0.25) is 29.5 Å². The molecule has 3 aliphatic heterocycles. The van der Waals surface area contributed by atoms with E-state index < -0.39 is 29.6 Å². The molecule has 4 atom stereocenters. The Morgan fingerprint density at radius 3 is 2.26 bits per heavy atom. The number of aromatic hydroxyl groups is 1. The van der Waals surface area contributed by atoms with Crippen LogP contribution in [0.25, 0.3) is 33.4 Å². The van der Waals surface area contributed by atoms with Crippen LogP contribution in [0.2, 0.25) is 0 Å². The zero-order chi connectivity index (χ0) is 53.0. The first-order valence-corrected chi connectivity index (χ1v) is 26.0. The fourth-order valence-corrected chi connectivity index (χ4v) is 10.6. The molecule has 10 N–H and O–H groups in total. The van der Waals surface area contributed by atoms with Crippen LogP contribution >= 0.6 is 24.0 Å². The van der Waals surface area contributed by atoms with E-state index in [1.54, 1.807) is 24.3 Å². The van der Waals surface area contributed by atoms with E-state index in [9.17, 15) is 48.6 Å². The molecule has 398 valence electrons. The topological polar surface area (TPSA) is 316 Å². The van der Waals surface area contributed by atoms with Crippen molar-refractivity contribution in [2.75, 3.05) is 57.5 Å². The maximum atomic E-state index is 13.1. The molecule has 5 amide bonds. The minimum absolute atomic E-state index is 0.0135. The minimum atomic E-state index is -1.25. The lowest BCUT2D eigenvalue weighted by Gasteiger charge is -2.18. The van der Waals surface area contributed by atoms with Crippen molar-refractivity contribution in [2.24, 2.45) is 11.7 Å². The highest BCUT2D eigenvalue weighted by molar-refractivity contribution is 8.00. The second kappa shape index (κ2) is 28.7. The predicted molar refractivity (Wildman–Crippen MR) is 279 cm³/mol. The molecule has 4 aliphatic rings. The van der Waals surface area contributed by atoms with E-state index in [0.717, 1.165) is 25.0 Å². The maximum absolute atomic E-state index is 13.1. The number of ether oxygens (including phenoxy) is 3. The smallest absolute Gasteiger partial charge is 0.336 e. The first-order valence-electron chi connectivity index (χ1n) is 24.5. The summed E-state index contributed by atoms with van der Waals surface area (Å²) in [5.41, 5.74) is 6.72. The normalized spacial score (nSPS) is 16.3. The van der Waals surface area contributed by atoms with Crippen LogP contribution in [0.1, 0.15) is 87.4 Å². The van der Waals surface area contributed by atoms with Crippen molar-refractivity contribution in [3.8, 4) is 28.2 Å². The van der Waals surface area contributed by atoms with E-state index in [0.29, 0.717) is 84.4 Å². The number of amides is 5. The van der Waals surface area contributed by atoms with Crippen molar-refractivity contribution in [1.82, 2.24) is 26.6 Å². The molecule has 0 aromatic heterocycles. The van der Waals surface area contributed by atoms with Gasteiger partial charge in [-0.2, -0.15) is 11.8 Å². The fourth-order valence-electron chi connectivity index (χ4n) is 8.69. The van der Waals surface area contributed by atoms with Gasteiger partial charge in [-0.05, 0) is 98.0 Å². The number of carbonyl (C=O) groups is 7. The largest absolute Gasteiger partial charge is 0.508 e. The molecule has 0 radical (unpaired) electrons. The highest BCUT2D eigenvalue weighted by Gasteiger charge is 2.42. The number of primary amides is 1. The number of carboxylic acid groups (broad SMARTS) is 1. The number of benzene rings is 3. The van der Waals surface area contributed by atoms with Crippen LogP contribution in [0, 0.1) is 5.92 Å². The molecule has 6 rings (SSSR count). The lowest BCUT2D eigenvalue weighted by molar-refractivity contribution is -0.132. The average molecular weight is 1060 g/mol. The third-order valence-electron chi connectivity index (χ3n) is 12.4. The molecule has 3 heterocycles. The third kappa shape index (κ3) is 17.5. The molecule has 74 heavy (non-hydrogen) atoms. The number of anilines is 1. The summed E-state index contributed by atoms with van der Waals surface area (Å²) in [6.45, 7) is 1.49. The van der Waals surface area contributed by atoms with Crippen LogP contribution in [0.15, 0.2) is 63.8 Å². The standard InChI is InChI=1S/C51H63N7O14S2/c52-43(62)15-13-38(39(61)14-16-45(64)54-19-4-22-70-29-71-28-69-21-3-18-53-44(63)6-2-1-5-42-49-30(27-74-42)23-47(66)58-49)57-46(65)17-20-55-51(73)56-31-7-10-34(37(24-31)50(67)68)48-35-11-8-32(59)25-40(35)72-41-26-33(60)9-12-36(41)48/h7-12,24-26,30,38,42,49,59H,1-6,13-23,27-29H2,(H2,52,62)(H,53,63)(H,54,64)(H,57,65)(H,58,66)(H,67,68)(H2,55,56,73)/t30-,38?,42+,49-/m0/s1. The monoisotopic (exact) mass is 1060 g/mol. The number of nitrogens with one attached hydrogen (secondary N) is 6. The van der Waals surface area contributed by atoms with E-state index in [4.69, 9.17) is 36.6 Å². The molecular weight excluding hydrogens is 999 g/mol. The van der Waals surface area contributed by atoms with E-state index in [-0.39, 0.29) is 116 Å². The first-order chi connectivity index (χ1) is 35.6. The van der Waals surface area contributed by atoms with Gasteiger partial charge in [-0.15, -0.1) is 0 Å². The van der Waals surface area contributed by atoms with Gasteiger partial charge in [0.25, 0.3) is 0 Å². The van der Waals surface area contributed by atoms with Crippen molar-refractivity contribution < 1.29 is 62.4 Å². The molecule has 2 fully saturated rings. The number of phenolic OH excluding ortho intramolecular Hbond substituents is 1. The number of rotatable bonds is 31. The minimum Gasteiger partial charge on any atom is -0.508 e. The number of hydrogen-bond acceptors (Lipinski definition) is 15. The molecule has 2 saturated heterocycles. The first kappa shape index (κ1) is 56.6. The predicted octanol–water partition coefficient (Wildman–Crippen LogP) is 3.90. The number of phenols is 1. The van der Waals surface area contributed by atoms with Crippen LogP contribution < -0.4 is 43.1 Å². The SMILES string of the molecule is NC(=O)CCC(NC(=O)CCNC(=S)Nc1ccc(-c2c3ccc(=O)cc-3oc3cc(O)ccc23)c(C(=O)O)c1)C(=O)CCC(=O)NCCCOCOCOCCCNC(=O)CCCC[C@H]1SC[C@@H]2CC(=O)N[C@@H]21. The second-order valence-corrected chi connectivity index (χ2v) is 19.6. The summed E-state index contributed by atoms with van der Waals surface area (Å²) < 4.78 is 22.0. The zero-order valence-corrected chi connectivity index (χ0v) is 42.5. The van der Waals surface area contributed by atoms with E-state index in [2.05, 4.69) is 31.9 Å². The highest BCUT2D eigenvalue weighted by atomic mass is 32.2. The zero-order valence-electron chi connectivity index (χ0n) is 40.8. The molecule has 1 unspecified atom stereocenters. The van der Waals surface area contributed by atoms with E-state index in [1.807, 2.05) is 11.8 Å². The number of thioether (sulfide) groups is 1. The number of fused-ring (bicyclic) bond motifs is 3. The van der Waals surface area contributed by atoms with Crippen molar-refractivity contribution in [3.05, 3.63) is 70.4 Å². The van der Waals surface area contributed by atoms with Gasteiger partial charge in [0.15, 0.2) is 16.3 Å². The number of nitrogens with two attached hydrogens (primary N) is 1. The lowest BCUT2D eigenvalue weighted by atomic mass is 9.90. The highest BCUT2D eigenvalue weighted by Crippen LogP contribution is 2.43. The Hall–Kier alpha value is -6.66. The van der Waals surface area contributed by atoms with E-state index >= 15 is 0 Å². The van der Waals surface area contributed by atoms with Crippen LogP contribution in [0.4, 0.5) is 5.69 Å². The Balaban J connectivity index is 0.808. The molecule has 23 heteroatoms. The van der Waals surface area contributed by atoms with Crippen LogP contribution in [-0.4, -0.2) is 126 Å². The van der Waals surface area contributed by atoms with Gasteiger partial charge in [-0.25, -0.2) is 4.79 Å². The third-order valence-corrected chi connectivity index (χ3v) is 14.2. The van der Waals surface area contributed by atoms with Crippen LogP contribution in [-0.2, 0) is 43.0 Å². The fraction of sp³-hybridized carbons (Fsp3) is 0.471. The number of unbranched alkanes of at least 4 members (excludes halogenated alkanes) is 1. The van der Waals surface area contributed by atoms with Crippen molar-refractivity contribution in [2.45, 2.75) is 94.4 Å². The number of Topliss-reactive ketones (excluding diaryl/α,β-unsaturated/α-hetero) is 1. The molecule has 21 nitrogen and oxygen atoms in total. The average Bonchev–Trinajstić information content (AvgIpc) is 3.92. The van der Waals surface area contributed by atoms with Gasteiger partial charge in [0.1, 0.15) is 30.7 Å². The van der Waals surface area contributed by atoms with Gasteiger partial charge in [0.05, 0.1) is 24.8 Å². The number of hydrogen-bond donors (Lipinski definition) is 9. The number of thiocarbonyl (C=S) groups is 1. The Morgan fingerprint density at radius 2 is 1.53 bits per heavy atom. The second-order valence-electron chi connectivity index (χ2n) is 17.9. The summed E-state index contributed by atoms with van der Waals surface area (Å²) in [6.07, 6.45) is 4.26. The summed E-state index contributed by atoms with van der Waals surface area (Å²) >= 11 is 7.33. The Morgan fingerprint density at radius 1 is 0.797 bits per heavy atom. The quantitative estimate of drug-likeness (QED) is 0.0149.